The number of benzene rings is 1. The first kappa shape index (κ1) is 41.4. The summed E-state index contributed by atoms with van der Waals surface area (Å²) in [4.78, 5) is 39.6. The van der Waals surface area contributed by atoms with Crippen molar-refractivity contribution >= 4 is 28.7 Å². The van der Waals surface area contributed by atoms with Gasteiger partial charge in [0.05, 0.1) is 17.8 Å². The Balaban J connectivity index is 1.87. The van der Waals surface area contributed by atoms with Crippen molar-refractivity contribution in [2.45, 2.75) is 118 Å². The van der Waals surface area contributed by atoms with Crippen LogP contribution in [0.1, 0.15) is 84.9 Å². The second-order valence-electron chi connectivity index (χ2n) is 15.1. The third kappa shape index (κ3) is 12.0. The average Bonchev–Trinajstić information content (AvgIpc) is 3.38. The Morgan fingerprint density at radius 3 is 2.34 bits per heavy atom. The molecule has 50 heavy (non-hydrogen) atoms. The summed E-state index contributed by atoms with van der Waals surface area (Å²) in [6, 6.07) is 5.15. The maximum absolute atomic E-state index is 13.7. The molecule has 0 saturated carbocycles. The number of fused-ring (bicyclic) bond motifs is 1. The highest BCUT2D eigenvalue weighted by Gasteiger charge is 2.36. The second kappa shape index (κ2) is 20.1. The number of amides is 2. The molecule has 5 atom stereocenters. The summed E-state index contributed by atoms with van der Waals surface area (Å²) in [5.41, 5.74) is 15.9. The summed E-state index contributed by atoms with van der Waals surface area (Å²) in [6.07, 6.45) is 3.28. The smallest absolute Gasteiger partial charge is 0.329 e. The Hall–Kier alpha value is -3.06. The number of nitrogens with two attached hydrogens (primary N) is 2. The third-order valence-electron chi connectivity index (χ3n) is 10.1. The number of nitrogens with one attached hydrogen (secondary N) is 2. The molecule has 1 aromatic carbocycles. The molecule has 0 aliphatic carbocycles. The van der Waals surface area contributed by atoms with Gasteiger partial charge in [-0.25, -0.2) is 4.79 Å². The Morgan fingerprint density at radius 2 is 1.74 bits per heavy atom. The van der Waals surface area contributed by atoms with E-state index in [1.165, 1.54) is 5.56 Å². The molecule has 2 heterocycles. The normalized spacial score (nSPS) is 17.1. The van der Waals surface area contributed by atoms with Crippen LogP contribution in [0.2, 0.25) is 0 Å². The Bertz CT molecular complexity index is 1370. The molecule has 2 amide bonds. The molecule has 1 fully saturated rings. The van der Waals surface area contributed by atoms with E-state index < -0.39 is 36.0 Å². The molecule has 1 aliphatic heterocycles. The molecular formula is C38H64N6O6. The van der Waals surface area contributed by atoms with Gasteiger partial charge in [0.2, 0.25) is 11.8 Å². The van der Waals surface area contributed by atoms with Gasteiger partial charge in [0.25, 0.3) is 0 Å². The van der Waals surface area contributed by atoms with Crippen LogP contribution in [0, 0.1) is 36.5 Å². The summed E-state index contributed by atoms with van der Waals surface area (Å²) < 4.78 is 19.0. The molecule has 12 heteroatoms. The van der Waals surface area contributed by atoms with Crippen molar-refractivity contribution in [3.05, 3.63) is 29.5 Å². The van der Waals surface area contributed by atoms with Crippen LogP contribution in [-0.4, -0.2) is 85.3 Å². The molecule has 12 nitrogen and oxygen atoms in total. The number of hydrogen-bond acceptors (Lipinski definition) is 9. The number of aryl methyl sites for hydroxylation is 2. The molecular weight excluding hydrogens is 636 g/mol. The zero-order valence-corrected chi connectivity index (χ0v) is 31.7. The van der Waals surface area contributed by atoms with Crippen molar-refractivity contribution in [2.75, 3.05) is 33.5 Å². The number of carbonyl (C=O) groups excluding carboxylic acids is 3. The lowest BCUT2D eigenvalue weighted by Crippen LogP contribution is -2.51. The van der Waals surface area contributed by atoms with Gasteiger partial charge in [0, 0.05) is 56.9 Å². The molecule has 1 aliphatic rings. The number of ether oxygens (including phenoxy) is 3. The van der Waals surface area contributed by atoms with Gasteiger partial charge in [-0.2, -0.15) is 5.10 Å². The van der Waals surface area contributed by atoms with Crippen LogP contribution in [0.5, 0.6) is 0 Å². The zero-order valence-electron chi connectivity index (χ0n) is 31.7. The maximum atomic E-state index is 13.7. The number of aromatic nitrogens is 2. The van der Waals surface area contributed by atoms with E-state index in [1.54, 1.807) is 7.11 Å². The predicted octanol–water partition coefficient (Wildman–Crippen LogP) is 3.88. The standard InChI is InChI=1S/C38H64N6O6/c1-23(2)28(18-27-10-11-30-26(7)43-44(33(30)19-27)14-9-15-48-8)20-32(40)34(50-38(47)36(25(5)6)42-35(45)22-39)21-31(24(3)4)37(46)41-29-12-16-49-17-13-29/h10-11,19,23-25,28-29,31-32,34,36H,9,12-18,20-22,39-40H2,1-8H3,(H,41,46)(H,42,45)/t28?,31-,32-,34?,36-/m0/s1. The van der Waals surface area contributed by atoms with Crippen molar-refractivity contribution in [1.82, 2.24) is 20.4 Å². The van der Waals surface area contributed by atoms with E-state index in [4.69, 9.17) is 30.8 Å². The minimum Gasteiger partial charge on any atom is -0.459 e. The molecule has 0 spiro atoms. The lowest BCUT2D eigenvalue weighted by molar-refractivity contribution is -0.157. The molecule has 1 aromatic heterocycles. The van der Waals surface area contributed by atoms with E-state index in [0.717, 1.165) is 48.8 Å². The zero-order chi connectivity index (χ0) is 37.0. The predicted molar refractivity (Wildman–Crippen MR) is 196 cm³/mol. The van der Waals surface area contributed by atoms with Crippen LogP contribution < -0.4 is 22.1 Å². The topological polar surface area (TPSA) is 173 Å². The number of hydrogen-bond donors (Lipinski definition) is 4. The highest BCUT2D eigenvalue weighted by molar-refractivity contribution is 5.86. The minimum absolute atomic E-state index is 0.0223. The van der Waals surface area contributed by atoms with Crippen LogP contribution in [0.4, 0.5) is 0 Å². The fraction of sp³-hybridized carbons (Fsp3) is 0.737. The van der Waals surface area contributed by atoms with Gasteiger partial charge in [0.1, 0.15) is 12.1 Å². The average molecular weight is 701 g/mol. The van der Waals surface area contributed by atoms with Crippen molar-refractivity contribution in [2.24, 2.45) is 41.1 Å². The Kier molecular flexibility index (Phi) is 16.6. The van der Waals surface area contributed by atoms with Crippen molar-refractivity contribution in [3.8, 4) is 0 Å². The largest absolute Gasteiger partial charge is 0.459 e. The summed E-state index contributed by atoms with van der Waals surface area (Å²) in [7, 11) is 1.71. The highest BCUT2D eigenvalue weighted by Crippen LogP contribution is 2.29. The lowest BCUT2D eigenvalue weighted by atomic mass is 9.80. The molecule has 0 bridgehead atoms. The second-order valence-corrected chi connectivity index (χ2v) is 15.1. The molecule has 0 radical (unpaired) electrons. The van der Waals surface area contributed by atoms with Gasteiger partial charge in [-0.15, -0.1) is 0 Å². The number of esters is 1. The Labute approximate surface area is 299 Å². The summed E-state index contributed by atoms with van der Waals surface area (Å²) >= 11 is 0. The van der Waals surface area contributed by atoms with Crippen LogP contribution >= 0.6 is 0 Å². The van der Waals surface area contributed by atoms with Crippen LogP contribution in [0.15, 0.2) is 18.2 Å². The first-order valence-electron chi connectivity index (χ1n) is 18.5. The van der Waals surface area contributed by atoms with E-state index in [9.17, 15) is 14.4 Å². The quantitative estimate of drug-likeness (QED) is 0.118. The van der Waals surface area contributed by atoms with Gasteiger partial charge >= 0.3 is 5.97 Å². The maximum Gasteiger partial charge on any atom is 0.329 e. The monoisotopic (exact) mass is 700 g/mol. The number of rotatable bonds is 20. The first-order valence-corrected chi connectivity index (χ1v) is 18.5. The van der Waals surface area contributed by atoms with Crippen molar-refractivity contribution < 1.29 is 28.6 Å². The van der Waals surface area contributed by atoms with Crippen molar-refractivity contribution in [3.63, 3.8) is 0 Å². The fourth-order valence-electron chi connectivity index (χ4n) is 6.78. The molecule has 1 saturated heterocycles. The third-order valence-corrected chi connectivity index (χ3v) is 10.1. The fourth-order valence-corrected chi connectivity index (χ4v) is 6.78. The van der Waals surface area contributed by atoms with Crippen LogP contribution in [-0.2, 0) is 41.6 Å². The molecule has 3 rings (SSSR count). The van der Waals surface area contributed by atoms with E-state index in [1.807, 2.05) is 34.6 Å². The van der Waals surface area contributed by atoms with Gasteiger partial charge in [-0.3, -0.25) is 14.3 Å². The number of nitrogens with zero attached hydrogens (tertiary/aromatic N) is 2. The van der Waals surface area contributed by atoms with Gasteiger partial charge < -0.3 is 36.3 Å². The summed E-state index contributed by atoms with van der Waals surface area (Å²) in [5, 5.41) is 11.8. The number of methoxy groups -OCH3 is 1. The van der Waals surface area contributed by atoms with E-state index >= 15 is 0 Å². The first-order chi connectivity index (χ1) is 23.7. The van der Waals surface area contributed by atoms with E-state index in [0.29, 0.717) is 26.2 Å². The molecule has 282 valence electrons. The SMILES string of the molecule is COCCCn1nc(C)c2ccc(CC(C[C@H](N)C(C[C@H](C(=O)NC3CCOCC3)C(C)C)OC(=O)[C@@H](NC(=O)CN)C(C)C)C(C)C)cc21. The summed E-state index contributed by atoms with van der Waals surface area (Å²) in [5.74, 6) is -1.32. The van der Waals surface area contributed by atoms with E-state index in [-0.39, 0.29) is 48.6 Å². The molecule has 2 unspecified atom stereocenters. The van der Waals surface area contributed by atoms with Gasteiger partial charge in [-0.1, -0.05) is 53.7 Å². The van der Waals surface area contributed by atoms with E-state index in [2.05, 4.69) is 47.4 Å². The lowest BCUT2D eigenvalue weighted by Gasteiger charge is -2.34. The van der Waals surface area contributed by atoms with Crippen LogP contribution in [0.3, 0.4) is 0 Å². The Morgan fingerprint density at radius 1 is 1.04 bits per heavy atom. The molecule has 2 aromatic rings. The minimum atomic E-state index is -0.890. The molecule has 6 N–H and O–H groups in total. The number of carbonyl (C=O) groups is 3. The van der Waals surface area contributed by atoms with Gasteiger partial charge in [-0.05, 0) is 80.8 Å². The van der Waals surface area contributed by atoms with Gasteiger partial charge in [0.15, 0.2) is 0 Å². The van der Waals surface area contributed by atoms with Crippen molar-refractivity contribution in [1.29, 1.82) is 0 Å². The summed E-state index contributed by atoms with van der Waals surface area (Å²) in [6.45, 7) is 16.5. The van der Waals surface area contributed by atoms with Crippen LogP contribution in [0.25, 0.3) is 10.9 Å². The highest BCUT2D eigenvalue weighted by atomic mass is 16.5.